The van der Waals surface area contributed by atoms with E-state index in [0.29, 0.717) is 5.92 Å². The summed E-state index contributed by atoms with van der Waals surface area (Å²) in [5.41, 5.74) is 5.65. The van der Waals surface area contributed by atoms with Crippen LogP contribution in [0.4, 0.5) is 5.69 Å². The molecule has 0 amide bonds. The Kier molecular flexibility index (Phi) is 3.85. The van der Waals surface area contributed by atoms with Crippen LogP contribution in [-0.4, -0.2) is 13.1 Å². The molecule has 0 spiro atoms. The van der Waals surface area contributed by atoms with Gasteiger partial charge in [0.05, 0.1) is 0 Å². The van der Waals surface area contributed by atoms with Crippen molar-refractivity contribution in [3.63, 3.8) is 0 Å². The van der Waals surface area contributed by atoms with Crippen molar-refractivity contribution >= 4 is 17.0 Å². The third-order valence-electron chi connectivity index (χ3n) is 3.89. The maximum absolute atomic E-state index is 3.57. The van der Waals surface area contributed by atoms with Crippen LogP contribution in [0.15, 0.2) is 35.0 Å². The minimum atomic E-state index is 0.660. The summed E-state index contributed by atoms with van der Waals surface area (Å²) in [6.45, 7) is 5.34. The number of anilines is 1. The first-order valence-corrected chi connectivity index (χ1v) is 7.84. The lowest BCUT2D eigenvalue weighted by Crippen LogP contribution is -2.18. The summed E-state index contributed by atoms with van der Waals surface area (Å²) in [5.74, 6) is 0.660. The molecule has 0 radical (unpaired) electrons. The summed E-state index contributed by atoms with van der Waals surface area (Å²) >= 11 is 1.79. The summed E-state index contributed by atoms with van der Waals surface area (Å²) in [6, 6.07) is 8.67. The molecule has 2 nitrogen and oxygen atoms in total. The fourth-order valence-electron chi connectivity index (χ4n) is 2.68. The summed E-state index contributed by atoms with van der Waals surface area (Å²) in [7, 11) is 0. The summed E-state index contributed by atoms with van der Waals surface area (Å²) < 4.78 is 0. The van der Waals surface area contributed by atoms with Crippen LogP contribution in [-0.2, 0) is 6.54 Å². The largest absolute Gasteiger partial charge is 0.384 e. The first kappa shape index (κ1) is 12.7. The molecule has 1 unspecified atom stereocenters. The lowest BCUT2D eigenvalue weighted by atomic mass is 9.98. The Bertz CT molecular complexity index is 547. The smallest absolute Gasteiger partial charge is 0.0376 e. The number of nitrogens with one attached hydrogen (secondary N) is 2. The lowest BCUT2D eigenvalue weighted by molar-refractivity contribution is 0.592. The van der Waals surface area contributed by atoms with Crippen LogP contribution >= 0.6 is 11.3 Å². The van der Waals surface area contributed by atoms with E-state index in [1.165, 1.54) is 28.8 Å². The van der Waals surface area contributed by atoms with Crippen LogP contribution in [0.3, 0.4) is 0 Å². The monoisotopic (exact) mass is 272 g/mol. The van der Waals surface area contributed by atoms with Gasteiger partial charge < -0.3 is 10.6 Å². The van der Waals surface area contributed by atoms with E-state index in [4.69, 9.17) is 0 Å². The summed E-state index contributed by atoms with van der Waals surface area (Å²) in [6.07, 6.45) is 1.20. The van der Waals surface area contributed by atoms with Crippen molar-refractivity contribution < 1.29 is 0 Å². The molecule has 2 N–H and O–H groups in total. The van der Waals surface area contributed by atoms with E-state index in [0.717, 1.165) is 19.6 Å². The highest BCUT2D eigenvalue weighted by Gasteiger charge is 2.20. The van der Waals surface area contributed by atoms with Crippen molar-refractivity contribution in [2.24, 2.45) is 0 Å². The van der Waals surface area contributed by atoms with Gasteiger partial charge in [-0.3, -0.25) is 0 Å². The third-order valence-corrected chi connectivity index (χ3v) is 4.80. The predicted octanol–water partition coefficient (Wildman–Crippen LogP) is 3.75. The number of thiophene rings is 1. The van der Waals surface area contributed by atoms with Gasteiger partial charge in [-0.25, -0.2) is 0 Å². The first-order valence-electron chi connectivity index (χ1n) is 6.90. The Hall–Kier alpha value is -1.32. The zero-order valence-electron chi connectivity index (χ0n) is 11.3. The quantitative estimate of drug-likeness (QED) is 0.810. The summed E-state index contributed by atoms with van der Waals surface area (Å²) in [5, 5.41) is 11.5. The van der Waals surface area contributed by atoms with E-state index >= 15 is 0 Å². The molecule has 1 atom stereocenters. The Morgan fingerprint density at radius 2 is 2.21 bits per heavy atom. The van der Waals surface area contributed by atoms with Gasteiger partial charge in [-0.05, 0) is 53.4 Å². The van der Waals surface area contributed by atoms with Gasteiger partial charge in [0.2, 0.25) is 0 Å². The normalized spacial score (nSPS) is 17.2. The van der Waals surface area contributed by atoms with E-state index < -0.39 is 0 Å². The third kappa shape index (κ3) is 2.82. The molecule has 3 heteroatoms. The molecule has 0 fully saturated rings. The van der Waals surface area contributed by atoms with Gasteiger partial charge in [-0.1, -0.05) is 18.2 Å². The minimum Gasteiger partial charge on any atom is -0.384 e. The molecule has 0 saturated heterocycles. The van der Waals surface area contributed by atoms with Gasteiger partial charge in [0, 0.05) is 24.7 Å². The molecule has 2 aromatic rings. The topological polar surface area (TPSA) is 24.1 Å². The van der Waals surface area contributed by atoms with Crippen molar-refractivity contribution in [2.45, 2.75) is 25.8 Å². The Labute approximate surface area is 118 Å². The average Bonchev–Trinajstić information content (AvgIpc) is 3.02. The maximum atomic E-state index is 3.57. The van der Waals surface area contributed by atoms with Crippen LogP contribution in [0.2, 0.25) is 0 Å². The molecular formula is C16H20N2S. The second kappa shape index (κ2) is 5.76. The number of hydrogen-bond donors (Lipinski definition) is 2. The highest BCUT2D eigenvalue weighted by Crippen LogP contribution is 2.32. The molecule has 0 saturated carbocycles. The molecule has 100 valence electrons. The highest BCUT2D eigenvalue weighted by molar-refractivity contribution is 7.08. The Morgan fingerprint density at radius 1 is 1.32 bits per heavy atom. The molecule has 1 aromatic carbocycles. The van der Waals surface area contributed by atoms with Crippen LogP contribution < -0.4 is 10.6 Å². The van der Waals surface area contributed by atoms with Crippen molar-refractivity contribution in [1.82, 2.24) is 5.32 Å². The van der Waals surface area contributed by atoms with E-state index in [-0.39, 0.29) is 0 Å². The molecule has 1 aliphatic rings. The number of aryl methyl sites for hydroxylation is 1. The van der Waals surface area contributed by atoms with Gasteiger partial charge in [-0.2, -0.15) is 11.3 Å². The van der Waals surface area contributed by atoms with Gasteiger partial charge in [0.15, 0.2) is 0 Å². The Balaban J connectivity index is 1.48. The first-order chi connectivity index (χ1) is 9.34. The minimum absolute atomic E-state index is 0.660. The van der Waals surface area contributed by atoms with Crippen LogP contribution in [0, 0.1) is 6.92 Å². The van der Waals surface area contributed by atoms with Crippen molar-refractivity contribution in [1.29, 1.82) is 0 Å². The molecule has 0 aliphatic carbocycles. The van der Waals surface area contributed by atoms with Crippen LogP contribution in [0.25, 0.3) is 0 Å². The summed E-state index contributed by atoms with van der Waals surface area (Å²) in [4.78, 5) is 0. The number of hydrogen-bond acceptors (Lipinski definition) is 3. The molecule has 1 aliphatic heterocycles. The van der Waals surface area contributed by atoms with Crippen LogP contribution in [0.1, 0.15) is 29.0 Å². The number of para-hydroxylation sites is 1. The standard InChI is InChI=1S/C16H20N2S/c1-12-10-19-11-14(12)8-17-7-6-13-9-18-16-5-3-2-4-15(13)16/h2-5,10-11,13,17-18H,6-9H2,1H3. The molecule has 0 bridgehead atoms. The van der Waals surface area contributed by atoms with Crippen molar-refractivity contribution in [3.05, 3.63) is 51.7 Å². The zero-order chi connectivity index (χ0) is 13.1. The molecule has 19 heavy (non-hydrogen) atoms. The fraction of sp³-hybridized carbons (Fsp3) is 0.375. The molecule has 1 aromatic heterocycles. The second-order valence-electron chi connectivity index (χ2n) is 5.21. The lowest BCUT2D eigenvalue weighted by Gasteiger charge is -2.11. The molecule has 3 rings (SSSR count). The van der Waals surface area contributed by atoms with Gasteiger partial charge in [0.1, 0.15) is 0 Å². The van der Waals surface area contributed by atoms with Crippen LogP contribution in [0.5, 0.6) is 0 Å². The van der Waals surface area contributed by atoms with Crippen molar-refractivity contribution in [3.8, 4) is 0 Å². The SMILES string of the molecule is Cc1cscc1CNCCC1CNc2ccccc21. The zero-order valence-corrected chi connectivity index (χ0v) is 12.1. The van der Waals surface area contributed by atoms with E-state index in [9.17, 15) is 0 Å². The van der Waals surface area contributed by atoms with E-state index in [1.807, 2.05) is 0 Å². The van der Waals surface area contributed by atoms with Gasteiger partial charge >= 0.3 is 0 Å². The maximum Gasteiger partial charge on any atom is 0.0376 e. The predicted molar refractivity (Wildman–Crippen MR) is 83.1 cm³/mol. The average molecular weight is 272 g/mol. The van der Waals surface area contributed by atoms with Gasteiger partial charge in [0.25, 0.3) is 0 Å². The highest BCUT2D eigenvalue weighted by atomic mass is 32.1. The Morgan fingerprint density at radius 3 is 3.05 bits per heavy atom. The van der Waals surface area contributed by atoms with E-state index in [2.05, 4.69) is 52.6 Å². The number of benzene rings is 1. The van der Waals surface area contributed by atoms with Gasteiger partial charge in [-0.15, -0.1) is 0 Å². The number of fused-ring (bicyclic) bond motifs is 1. The van der Waals surface area contributed by atoms with Crippen molar-refractivity contribution in [2.75, 3.05) is 18.4 Å². The van der Waals surface area contributed by atoms with E-state index in [1.54, 1.807) is 11.3 Å². The molecule has 2 heterocycles. The molecular weight excluding hydrogens is 252 g/mol. The number of rotatable bonds is 5. The fourth-order valence-corrected chi connectivity index (χ4v) is 3.54. The second-order valence-corrected chi connectivity index (χ2v) is 5.95.